The Kier molecular flexibility index (Phi) is 4.99. The quantitative estimate of drug-likeness (QED) is 0.656. The van der Waals surface area contributed by atoms with Crippen LogP contribution in [0.25, 0.3) is 11.3 Å². The van der Waals surface area contributed by atoms with Crippen LogP contribution in [-0.2, 0) is 16.4 Å². The van der Waals surface area contributed by atoms with Gasteiger partial charge < -0.3 is 4.52 Å². The summed E-state index contributed by atoms with van der Waals surface area (Å²) < 4.78 is 32.3. The first kappa shape index (κ1) is 18.8. The first-order chi connectivity index (χ1) is 13.4. The highest BCUT2D eigenvalue weighted by atomic mass is 32.2. The van der Waals surface area contributed by atoms with E-state index in [1.54, 1.807) is 41.0 Å². The number of aryl methyl sites for hydroxylation is 2. The van der Waals surface area contributed by atoms with Gasteiger partial charge in [-0.25, -0.2) is 8.42 Å². The molecule has 0 radical (unpaired) electrons. The number of aromatic nitrogens is 3. The predicted octanol–water partition coefficient (Wildman–Crippen LogP) is 3.00. The first-order valence-corrected chi connectivity index (χ1v) is 10.7. The van der Waals surface area contributed by atoms with Gasteiger partial charge in [-0.1, -0.05) is 23.4 Å². The van der Waals surface area contributed by atoms with Gasteiger partial charge in [-0.15, -0.1) is 0 Å². The average molecular weight is 398 g/mol. The third kappa shape index (κ3) is 3.57. The van der Waals surface area contributed by atoms with E-state index in [4.69, 9.17) is 4.52 Å². The molecule has 1 aromatic carbocycles. The van der Waals surface area contributed by atoms with Crippen LogP contribution in [0.15, 0.2) is 52.1 Å². The minimum Gasteiger partial charge on any atom is -0.361 e. The van der Waals surface area contributed by atoms with Crippen LogP contribution < -0.4 is 0 Å². The molecule has 1 aliphatic rings. The van der Waals surface area contributed by atoms with Crippen molar-refractivity contribution in [1.29, 1.82) is 0 Å². The van der Waals surface area contributed by atoms with Crippen molar-refractivity contribution in [3.63, 3.8) is 0 Å². The Morgan fingerprint density at radius 3 is 2.57 bits per heavy atom. The SMILES string of the molecule is Cc1noc(C)c1-c1cnc(C[C@@H]2CCN(S(=O)(=O)c3ccccc3)C2)cn1. The van der Waals surface area contributed by atoms with Crippen molar-refractivity contribution < 1.29 is 12.9 Å². The molecule has 0 N–H and O–H groups in total. The summed E-state index contributed by atoms with van der Waals surface area (Å²) in [6, 6.07) is 8.59. The van der Waals surface area contributed by atoms with Gasteiger partial charge in [0.05, 0.1) is 33.7 Å². The second kappa shape index (κ2) is 7.44. The van der Waals surface area contributed by atoms with Crippen LogP contribution in [0, 0.1) is 19.8 Å². The summed E-state index contributed by atoms with van der Waals surface area (Å²) in [7, 11) is -3.43. The zero-order valence-electron chi connectivity index (χ0n) is 15.9. The lowest BCUT2D eigenvalue weighted by Gasteiger charge is -2.16. The van der Waals surface area contributed by atoms with Crippen LogP contribution in [0.3, 0.4) is 0 Å². The van der Waals surface area contributed by atoms with Crippen molar-refractivity contribution in [3.05, 3.63) is 59.9 Å². The Labute approximate surface area is 164 Å². The van der Waals surface area contributed by atoms with Crippen LogP contribution in [0.1, 0.15) is 23.6 Å². The van der Waals surface area contributed by atoms with Gasteiger partial charge in [0, 0.05) is 19.3 Å². The Morgan fingerprint density at radius 2 is 1.93 bits per heavy atom. The number of hydrogen-bond donors (Lipinski definition) is 0. The minimum absolute atomic E-state index is 0.234. The van der Waals surface area contributed by atoms with E-state index in [0.717, 1.165) is 34.8 Å². The Bertz CT molecular complexity index is 1040. The van der Waals surface area contributed by atoms with Crippen molar-refractivity contribution in [2.45, 2.75) is 31.6 Å². The lowest BCUT2D eigenvalue weighted by atomic mass is 10.0. The number of nitrogens with zero attached hydrogens (tertiary/aromatic N) is 4. The number of rotatable bonds is 5. The lowest BCUT2D eigenvalue weighted by Crippen LogP contribution is -2.29. The molecule has 28 heavy (non-hydrogen) atoms. The van der Waals surface area contributed by atoms with Gasteiger partial charge in [0.1, 0.15) is 5.76 Å². The van der Waals surface area contributed by atoms with E-state index in [9.17, 15) is 8.42 Å². The normalized spacial score (nSPS) is 17.9. The first-order valence-electron chi connectivity index (χ1n) is 9.24. The highest BCUT2D eigenvalue weighted by Gasteiger charge is 2.32. The second-order valence-corrected chi connectivity index (χ2v) is 9.07. The minimum atomic E-state index is -3.43. The Morgan fingerprint density at radius 1 is 1.14 bits per heavy atom. The molecule has 3 heterocycles. The maximum absolute atomic E-state index is 12.8. The van der Waals surface area contributed by atoms with Gasteiger partial charge in [-0.05, 0) is 44.7 Å². The van der Waals surface area contributed by atoms with E-state index in [1.807, 2.05) is 19.9 Å². The van der Waals surface area contributed by atoms with E-state index in [-0.39, 0.29) is 5.92 Å². The van der Waals surface area contributed by atoms with E-state index < -0.39 is 10.0 Å². The van der Waals surface area contributed by atoms with E-state index in [2.05, 4.69) is 15.1 Å². The fourth-order valence-corrected chi connectivity index (χ4v) is 5.21. The van der Waals surface area contributed by atoms with Gasteiger partial charge in [-0.2, -0.15) is 4.31 Å². The van der Waals surface area contributed by atoms with Crippen LogP contribution in [-0.4, -0.2) is 40.9 Å². The smallest absolute Gasteiger partial charge is 0.243 e. The van der Waals surface area contributed by atoms with Crippen molar-refractivity contribution >= 4 is 10.0 Å². The van der Waals surface area contributed by atoms with Gasteiger partial charge in [0.2, 0.25) is 10.0 Å². The van der Waals surface area contributed by atoms with E-state index >= 15 is 0 Å². The number of sulfonamides is 1. The standard InChI is InChI=1S/C20H22N4O3S/c1-14-20(15(2)27-23-14)19-12-21-17(11-22-19)10-16-8-9-24(13-16)28(25,26)18-6-4-3-5-7-18/h3-7,11-12,16H,8-10,13H2,1-2H3/t16-/m0/s1. The lowest BCUT2D eigenvalue weighted by molar-refractivity contribution is 0.393. The van der Waals surface area contributed by atoms with Gasteiger partial charge in [0.25, 0.3) is 0 Å². The third-order valence-electron chi connectivity index (χ3n) is 5.12. The van der Waals surface area contributed by atoms with Crippen molar-refractivity contribution in [3.8, 4) is 11.3 Å². The van der Waals surface area contributed by atoms with Gasteiger partial charge >= 0.3 is 0 Å². The largest absolute Gasteiger partial charge is 0.361 e. The highest BCUT2D eigenvalue weighted by Crippen LogP contribution is 2.27. The molecule has 4 rings (SSSR count). The fraction of sp³-hybridized carbons (Fsp3) is 0.350. The topological polar surface area (TPSA) is 89.2 Å². The maximum atomic E-state index is 12.8. The molecule has 0 unspecified atom stereocenters. The monoisotopic (exact) mass is 398 g/mol. The van der Waals surface area contributed by atoms with Crippen LogP contribution in [0.2, 0.25) is 0 Å². The van der Waals surface area contributed by atoms with E-state index in [1.165, 1.54) is 0 Å². The maximum Gasteiger partial charge on any atom is 0.243 e. The predicted molar refractivity (Wildman–Crippen MR) is 104 cm³/mol. The molecule has 0 amide bonds. The van der Waals surface area contributed by atoms with Crippen LogP contribution in [0.4, 0.5) is 0 Å². The highest BCUT2D eigenvalue weighted by molar-refractivity contribution is 7.89. The average Bonchev–Trinajstić information content (AvgIpc) is 3.30. The molecule has 146 valence electrons. The van der Waals surface area contributed by atoms with Crippen LogP contribution >= 0.6 is 0 Å². The molecule has 2 aromatic heterocycles. The van der Waals surface area contributed by atoms with Crippen LogP contribution in [0.5, 0.6) is 0 Å². The molecule has 8 heteroatoms. The summed E-state index contributed by atoms with van der Waals surface area (Å²) >= 11 is 0. The summed E-state index contributed by atoms with van der Waals surface area (Å²) in [6.45, 7) is 4.77. The van der Waals surface area contributed by atoms with Crippen molar-refractivity contribution in [1.82, 2.24) is 19.4 Å². The third-order valence-corrected chi connectivity index (χ3v) is 7.00. The summed E-state index contributed by atoms with van der Waals surface area (Å²) in [5.74, 6) is 0.954. The number of hydrogen-bond acceptors (Lipinski definition) is 6. The second-order valence-electron chi connectivity index (χ2n) is 7.13. The summed E-state index contributed by atoms with van der Waals surface area (Å²) in [5.41, 5.74) is 3.26. The number of benzene rings is 1. The molecule has 0 spiro atoms. The zero-order valence-corrected chi connectivity index (χ0v) is 16.7. The van der Waals surface area contributed by atoms with Crippen molar-refractivity contribution in [2.75, 3.05) is 13.1 Å². The summed E-state index contributed by atoms with van der Waals surface area (Å²) in [6.07, 6.45) is 5.01. The molecule has 1 fully saturated rings. The summed E-state index contributed by atoms with van der Waals surface area (Å²) in [4.78, 5) is 9.38. The Hall–Kier alpha value is -2.58. The molecule has 0 saturated carbocycles. The van der Waals surface area contributed by atoms with Gasteiger partial charge in [0.15, 0.2) is 0 Å². The molecule has 7 nitrogen and oxygen atoms in total. The molecule has 0 bridgehead atoms. The fourth-order valence-electron chi connectivity index (χ4n) is 3.66. The molecule has 1 atom stereocenters. The zero-order chi connectivity index (χ0) is 19.7. The van der Waals surface area contributed by atoms with Crippen molar-refractivity contribution in [2.24, 2.45) is 5.92 Å². The van der Waals surface area contributed by atoms with Gasteiger partial charge in [-0.3, -0.25) is 9.97 Å². The summed E-state index contributed by atoms with van der Waals surface area (Å²) in [5, 5.41) is 3.95. The molecular formula is C20H22N4O3S. The molecule has 3 aromatic rings. The molecular weight excluding hydrogens is 376 g/mol. The molecule has 0 aliphatic carbocycles. The molecule has 1 saturated heterocycles. The Balaban J connectivity index is 1.43. The van der Waals surface area contributed by atoms with E-state index in [0.29, 0.717) is 24.4 Å². The molecule has 1 aliphatic heterocycles.